The van der Waals surface area contributed by atoms with Crippen LogP contribution in [0.1, 0.15) is 37.3 Å². The number of benzene rings is 1. The lowest BCUT2D eigenvalue weighted by molar-refractivity contribution is 0.183. The molecule has 2 saturated carbocycles. The third-order valence-corrected chi connectivity index (χ3v) is 4.51. The molecule has 0 radical (unpaired) electrons. The summed E-state index contributed by atoms with van der Waals surface area (Å²) in [6.07, 6.45) is 5.35. The van der Waals surface area contributed by atoms with Gasteiger partial charge in [-0.05, 0) is 55.4 Å². The van der Waals surface area contributed by atoms with Gasteiger partial charge < -0.3 is 5.73 Å². The van der Waals surface area contributed by atoms with Crippen LogP contribution >= 0.6 is 23.2 Å². The van der Waals surface area contributed by atoms with Gasteiger partial charge in [0.1, 0.15) is 0 Å². The zero-order valence-corrected chi connectivity index (χ0v) is 12.5. The van der Waals surface area contributed by atoms with Gasteiger partial charge >= 0.3 is 0 Å². The van der Waals surface area contributed by atoms with Crippen molar-refractivity contribution in [2.24, 2.45) is 11.7 Å². The molecule has 0 spiro atoms. The van der Waals surface area contributed by atoms with E-state index in [1.54, 1.807) is 6.07 Å². The molecular weight excluding hydrogens is 279 g/mol. The van der Waals surface area contributed by atoms with E-state index >= 15 is 0 Å². The summed E-state index contributed by atoms with van der Waals surface area (Å²) in [6.45, 7) is 1.80. The van der Waals surface area contributed by atoms with E-state index in [1.165, 1.54) is 32.2 Å². The molecule has 2 N–H and O–H groups in total. The van der Waals surface area contributed by atoms with Gasteiger partial charge in [-0.25, -0.2) is 0 Å². The van der Waals surface area contributed by atoms with Crippen LogP contribution in [0, 0.1) is 5.92 Å². The highest BCUT2D eigenvalue weighted by molar-refractivity contribution is 6.34. The van der Waals surface area contributed by atoms with Gasteiger partial charge in [0.25, 0.3) is 0 Å². The molecule has 0 bridgehead atoms. The summed E-state index contributed by atoms with van der Waals surface area (Å²) < 4.78 is 0. The van der Waals surface area contributed by atoms with Gasteiger partial charge in [0.05, 0.1) is 0 Å². The summed E-state index contributed by atoms with van der Waals surface area (Å²) >= 11 is 12.3. The van der Waals surface area contributed by atoms with E-state index in [1.807, 2.05) is 12.1 Å². The number of halogens is 2. The van der Waals surface area contributed by atoms with Crippen LogP contribution in [-0.4, -0.2) is 24.0 Å². The summed E-state index contributed by atoms with van der Waals surface area (Å²) in [5.41, 5.74) is 7.20. The smallest absolute Gasteiger partial charge is 0.0474 e. The van der Waals surface area contributed by atoms with Gasteiger partial charge in [-0.1, -0.05) is 23.2 Å². The maximum absolute atomic E-state index is 6.13. The minimum Gasteiger partial charge on any atom is -0.329 e. The van der Waals surface area contributed by atoms with Crippen molar-refractivity contribution in [1.29, 1.82) is 0 Å². The summed E-state index contributed by atoms with van der Waals surface area (Å²) in [6, 6.07) is 6.76. The molecule has 3 rings (SSSR count). The lowest BCUT2D eigenvalue weighted by atomic mass is 10.0. The zero-order valence-electron chi connectivity index (χ0n) is 11.0. The summed E-state index contributed by atoms with van der Waals surface area (Å²) in [7, 11) is 0. The van der Waals surface area contributed by atoms with Crippen LogP contribution in [0.3, 0.4) is 0 Å². The van der Waals surface area contributed by atoms with E-state index in [0.717, 1.165) is 11.5 Å². The van der Waals surface area contributed by atoms with Gasteiger partial charge in [0.15, 0.2) is 0 Å². The van der Waals surface area contributed by atoms with Gasteiger partial charge in [0.2, 0.25) is 0 Å². The Labute approximate surface area is 124 Å². The van der Waals surface area contributed by atoms with Crippen LogP contribution in [0.25, 0.3) is 0 Å². The van der Waals surface area contributed by atoms with Crippen molar-refractivity contribution in [3.8, 4) is 0 Å². The molecule has 2 aliphatic rings. The fraction of sp³-hybridized carbons (Fsp3) is 0.600. The molecule has 1 aromatic carbocycles. The average Bonchev–Trinajstić information content (AvgIpc) is 3.22. The first kappa shape index (κ1) is 13.7. The number of rotatable bonds is 6. The third-order valence-electron chi connectivity index (χ3n) is 4.08. The van der Waals surface area contributed by atoms with Crippen molar-refractivity contribution in [3.05, 3.63) is 33.8 Å². The summed E-state index contributed by atoms with van der Waals surface area (Å²) in [5.74, 6) is 0.879. The topological polar surface area (TPSA) is 29.3 Å². The van der Waals surface area contributed by atoms with Crippen molar-refractivity contribution >= 4 is 23.2 Å². The Kier molecular flexibility index (Phi) is 4.04. The molecule has 2 aliphatic carbocycles. The molecule has 1 unspecified atom stereocenters. The Morgan fingerprint density at radius 3 is 2.21 bits per heavy atom. The molecule has 4 heteroatoms. The Morgan fingerprint density at radius 1 is 1.11 bits per heavy atom. The van der Waals surface area contributed by atoms with E-state index in [2.05, 4.69) is 4.90 Å². The molecule has 0 aromatic heterocycles. The second kappa shape index (κ2) is 5.61. The summed E-state index contributed by atoms with van der Waals surface area (Å²) in [5, 5.41) is 1.39. The average molecular weight is 299 g/mol. The zero-order chi connectivity index (χ0) is 13.4. The van der Waals surface area contributed by atoms with Crippen LogP contribution in [0.2, 0.25) is 10.0 Å². The molecule has 0 aliphatic heterocycles. The number of nitrogens with zero attached hydrogens (tertiary/aromatic N) is 1. The van der Waals surface area contributed by atoms with Crippen LogP contribution in [0.15, 0.2) is 18.2 Å². The van der Waals surface area contributed by atoms with Crippen LogP contribution in [0.4, 0.5) is 0 Å². The second-order valence-corrected chi connectivity index (χ2v) is 6.70. The first-order valence-electron chi connectivity index (χ1n) is 7.09. The predicted octanol–water partition coefficient (Wildman–Crippen LogP) is 3.87. The quantitative estimate of drug-likeness (QED) is 0.864. The van der Waals surface area contributed by atoms with E-state index in [9.17, 15) is 0 Å². The molecule has 0 amide bonds. The molecule has 2 nitrogen and oxygen atoms in total. The highest BCUT2D eigenvalue weighted by Crippen LogP contribution is 2.40. The Balaban J connectivity index is 1.83. The highest BCUT2D eigenvalue weighted by Gasteiger charge is 2.37. The van der Waals surface area contributed by atoms with Crippen LogP contribution < -0.4 is 5.73 Å². The lowest BCUT2D eigenvalue weighted by Crippen LogP contribution is -2.37. The van der Waals surface area contributed by atoms with Gasteiger partial charge in [-0.15, -0.1) is 0 Å². The summed E-state index contributed by atoms with van der Waals surface area (Å²) in [4.78, 5) is 2.58. The molecule has 0 heterocycles. The minimum atomic E-state index is 0.254. The first-order chi connectivity index (χ1) is 9.17. The molecule has 1 aromatic rings. The number of hydrogen-bond donors (Lipinski definition) is 1. The van der Waals surface area contributed by atoms with E-state index in [0.29, 0.717) is 22.6 Å². The second-order valence-electron chi connectivity index (χ2n) is 5.83. The van der Waals surface area contributed by atoms with Crippen molar-refractivity contribution < 1.29 is 0 Å². The molecule has 1 atom stereocenters. The molecular formula is C15H20Cl2N2. The van der Waals surface area contributed by atoms with Gasteiger partial charge in [-0.2, -0.15) is 0 Å². The third kappa shape index (κ3) is 3.43. The monoisotopic (exact) mass is 298 g/mol. The maximum atomic E-state index is 6.13. The standard InChI is InChI=1S/C15H20Cl2N2/c16-12-5-11(6-13(17)7-12)15(8-18)19(14-3-4-14)9-10-1-2-10/h5-7,10,14-15H,1-4,8-9,18H2. The van der Waals surface area contributed by atoms with Crippen molar-refractivity contribution in [3.63, 3.8) is 0 Å². The number of hydrogen-bond acceptors (Lipinski definition) is 2. The van der Waals surface area contributed by atoms with Gasteiger partial charge in [0, 0.05) is 35.2 Å². The van der Waals surface area contributed by atoms with Crippen LogP contribution in [-0.2, 0) is 0 Å². The fourth-order valence-corrected chi connectivity index (χ4v) is 3.31. The molecule has 0 saturated heterocycles. The highest BCUT2D eigenvalue weighted by atomic mass is 35.5. The number of nitrogens with two attached hydrogens (primary N) is 1. The molecule has 19 heavy (non-hydrogen) atoms. The normalized spacial score (nSPS) is 20.8. The van der Waals surface area contributed by atoms with Crippen molar-refractivity contribution in [2.75, 3.05) is 13.1 Å². The first-order valence-corrected chi connectivity index (χ1v) is 7.84. The molecule has 2 fully saturated rings. The predicted molar refractivity (Wildman–Crippen MR) is 80.7 cm³/mol. The van der Waals surface area contributed by atoms with Crippen molar-refractivity contribution in [1.82, 2.24) is 4.90 Å². The van der Waals surface area contributed by atoms with Gasteiger partial charge in [-0.3, -0.25) is 4.90 Å². The Bertz CT molecular complexity index is 435. The lowest BCUT2D eigenvalue weighted by Gasteiger charge is -2.31. The maximum Gasteiger partial charge on any atom is 0.0474 e. The van der Waals surface area contributed by atoms with E-state index < -0.39 is 0 Å². The Hall–Kier alpha value is -0.280. The van der Waals surface area contributed by atoms with E-state index in [-0.39, 0.29) is 6.04 Å². The van der Waals surface area contributed by atoms with E-state index in [4.69, 9.17) is 28.9 Å². The Morgan fingerprint density at radius 2 is 1.74 bits per heavy atom. The minimum absolute atomic E-state index is 0.254. The van der Waals surface area contributed by atoms with Crippen molar-refractivity contribution in [2.45, 2.75) is 37.8 Å². The molecule has 104 valence electrons. The van der Waals surface area contributed by atoms with Crippen LogP contribution in [0.5, 0.6) is 0 Å². The SMILES string of the molecule is NCC(c1cc(Cl)cc(Cl)c1)N(CC1CC1)C1CC1. The fourth-order valence-electron chi connectivity index (χ4n) is 2.77. The largest absolute Gasteiger partial charge is 0.329 e.